The van der Waals surface area contributed by atoms with E-state index < -0.39 is 0 Å². The van der Waals surface area contributed by atoms with Gasteiger partial charge in [0.25, 0.3) is 11.5 Å². The first-order chi connectivity index (χ1) is 13.6. The summed E-state index contributed by atoms with van der Waals surface area (Å²) in [5.41, 5.74) is 2.56. The highest BCUT2D eigenvalue weighted by Gasteiger charge is 2.25. The predicted molar refractivity (Wildman–Crippen MR) is 96.9 cm³/mol. The minimum absolute atomic E-state index is 0.187. The second-order valence-electron chi connectivity index (χ2n) is 6.51. The zero-order valence-electron chi connectivity index (χ0n) is 14.5. The number of nitrogens with zero attached hydrogens (tertiary/aromatic N) is 5. The molecule has 4 aromatic rings. The van der Waals surface area contributed by atoms with Gasteiger partial charge in [-0.2, -0.15) is 5.10 Å². The molecule has 1 amide bonds. The number of aromatic amines is 2. The Kier molecular flexibility index (Phi) is 3.57. The van der Waals surface area contributed by atoms with Gasteiger partial charge in [-0.25, -0.2) is 14.4 Å². The lowest BCUT2D eigenvalue weighted by atomic mass is 10.2. The molecule has 28 heavy (non-hydrogen) atoms. The predicted octanol–water partition coefficient (Wildman–Crippen LogP) is 1.30. The van der Waals surface area contributed by atoms with Crippen LogP contribution in [0.3, 0.4) is 0 Å². The van der Waals surface area contributed by atoms with Crippen LogP contribution in [0.4, 0.5) is 4.39 Å². The van der Waals surface area contributed by atoms with Gasteiger partial charge in [0, 0.05) is 12.7 Å². The average molecular weight is 379 g/mol. The van der Waals surface area contributed by atoms with E-state index in [2.05, 4.69) is 25.0 Å². The van der Waals surface area contributed by atoms with E-state index in [9.17, 15) is 14.0 Å². The molecule has 140 valence electrons. The van der Waals surface area contributed by atoms with E-state index in [1.807, 2.05) is 10.7 Å². The van der Waals surface area contributed by atoms with Crippen molar-refractivity contribution in [1.82, 2.24) is 34.6 Å². The largest absolute Gasteiger partial charge is 0.336 e. The van der Waals surface area contributed by atoms with Crippen LogP contribution in [-0.2, 0) is 13.1 Å². The fraction of sp³-hybridized carbons (Fsp3) is 0.167. The fourth-order valence-electron chi connectivity index (χ4n) is 3.28. The molecular formula is C18H14FN7O2. The van der Waals surface area contributed by atoms with E-state index in [0.717, 1.165) is 11.9 Å². The number of hydrogen-bond acceptors (Lipinski definition) is 5. The van der Waals surface area contributed by atoms with Gasteiger partial charge in [-0.3, -0.25) is 14.3 Å². The van der Waals surface area contributed by atoms with Gasteiger partial charge in [0.15, 0.2) is 5.82 Å². The third-order valence-electron chi connectivity index (χ3n) is 4.66. The van der Waals surface area contributed by atoms with E-state index in [4.69, 9.17) is 0 Å². The number of benzene rings is 1. The number of imidazole rings is 1. The summed E-state index contributed by atoms with van der Waals surface area (Å²) in [4.78, 5) is 39.3. The molecule has 2 N–H and O–H groups in total. The van der Waals surface area contributed by atoms with Crippen LogP contribution in [0.1, 0.15) is 16.2 Å². The Balaban J connectivity index is 1.42. The zero-order valence-corrected chi connectivity index (χ0v) is 14.5. The molecule has 0 atom stereocenters. The molecule has 0 aliphatic carbocycles. The third kappa shape index (κ3) is 2.75. The molecule has 0 fully saturated rings. The number of carbonyl (C=O) groups excluding carboxylic acids is 1. The van der Waals surface area contributed by atoms with Gasteiger partial charge in [-0.05, 0) is 24.3 Å². The molecule has 1 aromatic carbocycles. The van der Waals surface area contributed by atoms with Crippen molar-refractivity contribution >= 4 is 16.9 Å². The van der Waals surface area contributed by atoms with Crippen LogP contribution in [0.5, 0.6) is 0 Å². The average Bonchev–Trinajstić information content (AvgIpc) is 3.30. The highest BCUT2D eigenvalue weighted by atomic mass is 19.1. The van der Waals surface area contributed by atoms with E-state index >= 15 is 0 Å². The monoisotopic (exact) mass is 379 g/mol. The maximum atomic E-state index is 13.4. The first kappa shape index (κ1) is 16.4. The fourth-order valence-corrected chi connectivity index (χ4v) is 3.28. The molecule has 0 bridgehead atoms. The normalized spacial score (nSPS) is 13.7. The van der Waals surface area contributed by atoms with Gasteiger partial charge >= 0.3 is 0 Å². The van der Waals surface area contributed by atoms with Gasteiger partial charge in [0.05, 0.1) is 36.0 Å². The summed E-state index contributed by atoms with van der Waals surface area (Å²) in [6, 6.07) is 6.21. The smallest absolute Gasteiger partial charge is 0.274 e. The highest BCUT2D eigenvalue weighted by molar-refractivity contribution is 5.92. The number of H-pyrrole nitrogens is 2. The van der Waals surface area contributed by atoms with Gasteiger partial charge in [0.2, 0.25) is 0 Å². The van der Waals surface area contributed by atoms with Crippen LogP contribution in [0.2, 0.25) is 0 Å². The van der Waals surface area contributed by atoms with Crippen molar-refractivity contribution in [1.29, 1.82) is 0 Å². The molecule has 0 saturated heterocycles. The SMILES string of the molecule is O=C(c1c[nH]c(=O)cn1)N1CCn2nc(-c3nc4ccc(F)cc4[nH]3)cc2C1. The van der Waals surface area contributed by atoms with Crippen molar-refractivity contribution in [3.63, 3.8) is 0 Å². The summed E-state index contributed by atoms with van der Waals surface area (Å²) in [6.45, 7) is 1.36. The number of nitrogens with one attached hydrogen (secondary N) is 2. The molecule has 0 radical (unpaired) electrons. The van der Waals surface area contributed by atoms with Crippen LogP contribution < -0.4 is 5.56 Å². The molecule has 9 nitrogen and oxygen atoms in total. The number of carbonyl (C=O) groups is 1. The van der Waals surface area contributed by atoms with Gasteiger partial charge in [-0.15, -0.1) is 0 Å². The molecule has 0 spiro atoms. The standard InChI is InChI=1S/C18H14FN7O2/c19-10-1-2-12-13(5-10)23-17(22-12)14-6-11-9-25(3-4-26(11)24-14)18(28)15-7-21-16(27)8-20-15/h1-2,5-8H,3-4,9H2,(H,21,27)(H,22,23). The second kappa shape index (κ2) is 6.12. The van der Waals surface area contributed by atoms with Crippen molar-refractivity contribution < 1.29 is 9.18 Å². The summed E-state index contributed by atoms with van der Waals surface area (Å²) in [5, 5.41) is 4.54. The van der Waals surface area contributed by atoms with Gasteiger partial charge in [0.1, 0.15) is 17.2 Å². The number of aromatic nitrogens is 6. The molecule has 10 heteroatoms. The molecule has 5 rings (SSSR count). The maximum Gasteiger partial charge on any atom is 0.274 e. The topological polar surface area (TPSA) is 113 Å². The number of halogens is 1. The molecular weight excluding hydrogens is 365 g/mol. The van der Waals surface area contributed by atoms with Crippen molar-refractivity contribution in [2.45, 2.75) is 13.1 Å². The first-order valence-electron chi connectivity index (χ1n) is 8.63. The zero-order chi connectivity index (χ0) is 19.3. The Labute approximate surface area is 156 Å². The summed E-state index contributed by atoms with van der Waals surface area (Å²) >= 11 is 0. The minimum atomic E-state index is -0.358. The van der Waals surface area contributed by atoms with Gasteiger partial charge in [-0.1, -0.05) is 0 Å². The minimum Gasteiger partial charge on any atom is -0.336 e. The van der Waals surface area contributed by atoms with E-state index in [1.54, 1.807) is 11.0 Å². The lowest BCUT2D eigenvalue weighted by molar-refractivity contribution is 0.0699. The quantitative estimate of drug-likeness (QED) is 0.545. The number of hydrogen-bond donors (Lipinski definition) is 2. The Bertz CT molecular complexity index is 1250. The van der Waals surface area contributed by atoms with Gasteiger partial charge < -0.3 is 14.9 Å². The summed E-state index contributed by atoms with van der Waals surface area (Å²) in [5.74, 6) is -0.0519. The summed E-state index contributed by atoms with van der Waals surface area (Å²) in [7, 11) is 0. The van der Waals surface area contributed by atoms with Crippen LogP contribution in [0.15, 0.2) is 41.5 Å². The van der Waals surface area contributed by atoms with Crippen LogP contribution in [0, 0.1) is 5.82 Å². The molecule has 4 heterocycles. The first-order valence-corrected chi connectivity index (χ1v) is 8.63. The maximum absolute atomic E-state index is 13.4. The van der Waals surface area contributed by atoms with Crippen molar-refractivity contribution in [2.75, 3.05) is 6.54 Å². The Morgan fingerprint density at radius 1 is 1.21 bits per heavy atom. The lowest BCUT2D eigenvalue weighted by Gasteiger charge is -2.27. The molecule has 1 aliphatic rings. The van der Waals surface area contributed by atoms with E-state index in [1.165, 1.54) is 18.3 Å². The molecule has 0 unspecified atom stereocenters. The van der Waals surface area contributed by atoms with Crippen LogP contribution in [0.25, 0.3) is 22.6 Å². The summed E-state index contributed by atoms with van der Waals surface area (Å²) < 4.78 is 15.2. The van der Waals surface area contributed by atoms with Crippen LogP contribution >= 0.6 is 0 Å². The Morgan fingerprint density at radius 3 is 2.93 bits per heavy atom. The second-order valence-corrected chi connectivity index (χ2v) is 6.51. The lowest BCUT2D eigenvalue weighted by Crippen LogP contribution is -2.39. The van der Waals surface area contributed by atoms with Crippen molar-refractivity contribution in [3.8, 4) is 11.5 Å². The number of amides is 1. The highest BCUT2D eigenvalue weighted by Crippen LogP contribution is 2.23. The number of rotatable bonds is 2. The van der Waals surface area contributed by atoms with E-state index in [-0.39, 0.29) is 23.0 Å². The van der Waals surface area contributed by atoms with Crippen LogP contribution in [-0.4, -0.2) is 47.1 Å². The van der Waals surface area contributed by atoms with Crippen molar-refractivity contribution in [2.24, 2.45) is 0 Å². The number of fused-ring (bicyclic) bond motifs is 2. The Hall–Kier alpha value is -3.82. The van der Waals surface area contributed by atoms with E-state index in [0.29, 0.717) is 42.2 Å². The molecule has 3 aromatic heterocycles. The Morgan fingerprint density at radius 2 is 2.11 bits per heavy atom. The molecule has 1 aliphatic heterocycles. The molecule has 0 saturated carbocycles. The van der Waals surface area contributed by atoms with Crippen molar-refractivity contribution in [3.05, 3.63) is 64.2 Å². The third-order valence-corrected chi connectivity index (χ3v) is 4.66. The summed E-state index contributed by atoms with van der Waals surface area (Å²) in [6.07, 6.45) is 2.40.